The van der Waals surface area contributed by atoms with Crippen molar-refractivity contribution in [3.05, 3.63) is 18.2 Å². The van der Waals surface area contributed by atoms with Gasteiger partial charge in [0.1, 0.15) is 23.1 Å². The number of hydrogen-bond acceptors (Lipinski definition) is 5. The van der Waals surface area contributed by atoms with Gasteiger partial charge in [0.05, 0.1) is 26.3 Å². The van der Waals surface area contributed by atoms with Crippen LogP contribution in [0.15, 0.2) is 18.2 Å². The highest BCUT2D eigenvalue weighted by molar-refractivity contribution is 6.01. The second kappa shape index (κ2) is 9.20. The summed E-state index contributed by atoms with van der Waals surface area (Å²) in [6, 6.07) is 5.11. The molecule has 6 nitrogen and oxygen atoms in total. The van der Waals surface area contributed by atoms with Gasteiger partial charge >= 0.3 is 0 Å². The van der Waals surface area contributed by atoms with Gasteiger partial charge in [-0.05, 0) is 18.6 Å². The zero-order valence-electron chi connectivity index (χ0n) is 15.6. The molecule has 1 aromatic carbocycles. The Balaban J connectivity index is 2.48. The van der Waals surface area contributed by atoms with Gasteiger partial charge in [0.15, 0.2) is 0 Å². The predicted molar refractivity (Wildman–Crippen MR) is 96.1 cm³/mol. The first-order valence-corrected chi connectivity index (χ1v) is 8.24. The minimum Gasteiger partial charge on any atom is -0.497 e. The Morgan fingerprint density at radius 2 is 1.72 bits per heavy atom. The summed E-state index contributed by atoms with van der Waals surface area (Å²) in [4.78, 5) is 35.7. The van der Waals surface area contributed by atoms with E-state index in [0.717, 1.165) is 0 Å². The third-order valence-electron chi connectivity index (χ3n) is 3.73. The largest absolute Gasteiger partial charge is 0.497 e. The maximum atomic E-state index is 12.1. The fraction of sp³-hybridized carbons (Fsp3) is 0.526. The highest BCUT2D eigenvalue weighted by Gasteiger charge is 2.23. The summed E-state index contributed by atoms with van der Waals surface area (Å²) in [5.74, 6) is 0.698. The molecule has 0 aliphatic rings. The summed E-state index contributed by atoms with van der Waals surface area (Å²) < 4.78 is 10.3. The van der Waals surface area contributed by atoms with Gasteiger partial charge in [0.25, 0.3) is 0 Å². The molecule has 25 heavy (non-hydrogen) atoms. The predicted octanol–water partition coefficient (Wildman–Crippen LogP) is 3.39. The number of ketones is 2. The van der Waals surface area contributed by atoms with Crippen LogP contribution < -0.4 is 14.8 Å². The number of rotatable bonds is 9. The van der Waals surface area contributed by atoms with E-state index in [2.05, 4.69) is 5.32 Å². The molecular weight excluding hydrogens is 322 g/mol. The molecule has 1 aromatic rings. The Morgan fingerprint density at radius 3 is 2.28 bits per heavy atom. The van der Waals surface area contributed by atoms with Crippen LogP contribution in [-0.4, -0.2) is 31.7 Å². The second-order valence-corrected chi connectivity index (χ2v) is 6.86. The summed E-state index contributed by atoms with van der Waals surface area (Å²) >= 11 is 0. The molecule has 1 amide bonds. The maximum absolute atomic E-state index is 12.1. The molecule has 1 rings (SSSR count). The average molecular weight is 349 g/mol. The van der Waals surface area contributed by atoms with Crippen molar-refractivity contribution >= 4 is 23.2 Å². The maximum Gasteiger partial charge on any atom is 0.224 e. The molecule has 0 saturated carbocycles. The molecule has 0 spiro atoms. The molecule has 0 heterocycles. The monoisotopic (exact) mass is 349 g/mol. The summed E-state index contributed by atoms with van der Waals surface area (Å²) in [5, 5.41) is 2.75. The molecule has 0 aliphatic carbocycles. The number of nitrogens with one attached hydrogen (secondary N) is 1. The summed E-state index contributed by atoms with van der Waals surface area (Å²) in [5.41, 5.74) is -0.00301. The van der Waals surface area contributed by atoms with E-state index in [0.29, 0.717) is 23.6 Å². The van der Waals surface area contributed by atoms with Gasteiger partial charge < -0.3 is 14.8 Å². The van der Waals surface area contributed by atoms with E-state index in [1.165, 1.54) is 14.2 Å². The van der Waals surface area contributed by atoms with Gasteiger partial charge in [-0.25, -0.2) is 0 Å². The van der Waals surface area contributed by atoms with E-state index in [1.807, 2.05) is 0 Å². The van der Waals surface area contributed by atoms with Crippen molar-refractivity contribution < 1.29 is 23.9 Å². The van der Waals surface area contributed by atoms with Crippen molar-refractivity contribution in [2.75, 3.05) is 19.5 Å². The minimum atomic E-state index is -0.518. The van der Waals surface area contributed by atoms with E-state index in [9.17, 15) is 14.4 Å². The van der Waals surface area contributed by atoms with E-state index in [4.69, 9.17) is 9.47 Å². The van der Waals surface area contributed by atoms with Gasteiger partial charge in [0.2, 0.25) is 5.91 Å². The highest BCUT2D eigenvalue weighted by atomic mass is 16.5. The van der Waals surface area contributed by atoms with Crippen LogP contribution in [-0.2, 0) is 14.4 Å². The van der Waals surface area contributed by atoms with Gasteiger partial charge in [0, 0.05) is 24.3 Å². The second-order valence-electron chi connectivity index (χ2n) is 6.86. The fourth-order valence-electron chi connectivity index (χ4n) is 2.10. The lowest BCUT2D eigenvalue weighted by molar-refractivity contribution is -0.131. The van der Waals surface area contributed by atoms with Gasteiger partial charge in [-0.2, -0.15) is 0 Å². The third-order valence-corrected chi connectivity index (χ3v) is 3.73. The normalized spacial score (nSPS) is 10.9. The first-order valence-electron chi connectivity index (χ1n) is 8.24. The number of carbonyl (C=O) groups is 3. The Hall–Kier alpha value is -2.37. The van der Waals surface area contributed by atoms with Crippen LogP contribution in [0, 0.1) is 5.41 Å². The van der Waals surface area contributed by atoms with Crippen LogP contribution in [0.5, 0.6) is 11.5 Å². The van der Waals surface area contributed by atoms with Crippen molar-refractivity contribution in [1.29, 1.82) is 0 Å². The zero-order chi connectivity index (χ0) is 19.0. The lowest BCUT2D eigenvalue weighted by atomic mass is 9.87. The summed E-state index contributed by atoms with van der Waals surface area (Å²) in [7, 11) is 3.06. The molecule has 138 valence electrons. The number of benzene rings is 1. The number of amides is 1. The van der Waals surface area contributed by atoms with Crippen LogP contribution in [0.4, 0.5) is 5.69 Å². The standard InChI is InChI=1S/C19H27NO5/c1-19(2,3)17(22)11-13(21)7-6-8-18(23)20-15-12-14(24-4)9-10-16(15)25-5/h9-10,12H,6-8,11H2,1-5H3,(H,20,23). The molecule has 6 heteroatoms. The zero-order valence-corrected chi connectivity index (χ0v) is 15.6. The lowest BCUT2D eigenvalue weighted by Gasteiger charge is -2.15. The molecule has 0 radical (unpaired) electrons. The summed E-state index contributed by atoms with van der Waals surface area (Å²) in [6.45, 7) is 5.37. The van der Waals surface area contributed by atoms with Crippen LogP contribution in [0.2, 0.25) is 0 Å². The topological polar surface area (TPSA) is 81.7 Å². The van der Waals surface area contributed by atoms with Crippen molar-refractivity contribution in [2.24, 2.45) is 5.41 Å². The Labute approximate surface area is 148 Å². The number of methoxy groups -OCH3 is 2. The van der Waals surface area contributed by atoms with Crippen LogP contribution >= 0.6 is 0 Å². The van der Waals surface area contributed by atoms with Crippen molar-refractivity contribution in [3.8, 4) is 11.5 Å². The number of ether oxygens (including phenoxy) is 2. The molecule has 0 fully saturated rings. The van der Waals surface area contributed by atoms with Crippen LogP contribution in [0.25, 0.3) is 0 Å². The molecule has 0 aromatic heterocycles. The van der Waals surface area contributed by atoms with Gasteiger partial charge in [-0.1, -0.05) is 20.8 Å². The fourth-order valence-corrected chi connectivity index (χ4v) is 2.10. The quantitative estimate of drug-likeness (QED) is 0.691. The Bertz CT molecular complexity index is 631. The van der Waals surface area contributed by atoms with E-state index in [1.54, 1.807) is 39.0 Å². The first-order chi connectivity index (χ1) is 11.7. The SMILES string of the molecule is COc1ccc(OC)c(NC(=O)CCCC(=O)CC(=O)C(C)(C)C)c1. The third kappa shape index (κ3) is 6.95. The van der Waals surface area contributed by atoms with Gasteiger partial charge in [-0.3, -0.25) is 14.4 Å². The highest BCUT2D eigenvalue weighted by Crippen LogP contribution is 2.29. The average Bonchev–Trinajstić information content (AvgIpc) is 2.53. The number of Topliss-reactive ketones (excluding diaryl/α,β-unsaturated/α-hetero) is 2. The van der Waals surface area contributed by atoms with Gasteiger partial charge in [-0.15, -0.1) is 0 Å². The van der Waals surface area contributed by atoms with Crippen LogP contribution in [0.1, 0.15) is 46.5 Å². The minimum absolute atomic E-state index is 0.0746. The molecular formula is C19H27NO5. The van der Waals surface area contributed by atoms with Crippen molar-refractivity contribution in [3.63, 3.8) is 0 Å². The molecule has 0 saturated heterocycles. The van der Waals surface area contributed by atoms with E-state index >= 15 is 0 Å². The summed E-state index contributed by atoms with van der Waals surface area (Å²) in [6.07, 6.45) is 0.726. The van der Waals surface area contributed by atoms with Crippen molar-refractivity contribution in [1.82, 2.24) is 0 Å². The number of hydrogen-bond donors (Lipinski definition) is 1. The smallest absolute Gasteiger partial charge is 0.224 e. The van der Waals surface area contributed by atoms with E-state index < -0.39 is 5.41 Å². The molecule has 0 unspecified atom stereocenters. The first kappa shape index (κ1) is 20.7. The Morgan fingerprint density at radius 1 is 1.04 bits per heavy atom. The number of anilines is 1. The molecule has 0 aliphatic heterocycles. The molecule has 1 N–H and O–H groups in total. The molecule has 0 atom stereocenters. The van der Waals surface area contributed by atoms with E-state index in [-0.39, 0.29) is 36.7 Å². The Kier molecular flexibility index (Phi) is 7.61. The van der Waals surface area contributed by atoms with Crippen molar-refractivity contribution in [2.45, 2.75) is 46.5 Å². The lowest BCUT2D eigenvalue weighted by Crippen LogP contribution is -2.23. The number of carbonyl (C=O) groups excluding carboxylic acids is 3. The molecule has 0 bridgehead atoms. The van der Waals surface area contributed by atoms with Crippen LogP contribution in [0.3, 0.4) is 0 Å².